The van der Waals surface area contributed by atoms with Crippen molar-refractivity contribution >= 4 is 28.5 Å². The number of carbonyl (C=O) groups excluding carboxylic acids is 1. The lowest BCUT2D eigenvalue weighted by Crippen LogP contribution is -2.30. The van der Waals surface area contributed by atoms with Crippen LogP contribution in [0.25, 0.3) is 11.0 Å². The number of nitrogens with one attached hydrogen (secondary N) is 1. The van der Waals surface area contributed by atoms with Gasteiger partial charge in [-0.15, -0.1) is 0 Å². The number of aromatic nitrogens is 2. The Balaban J connectivity index is 1.74. The smallest absolute Gasteiger partial charge is 0.240 e. The van der Waals surface area contributed by atoms with Gasteiger partial charge in [0.2, 0.25) is 5.91 Å². The first-order valence-electron chi connectivity index (χ1n) is 9.30. The van der Waals surface area contributed by atoms with E-state index in [-0.39, 0.29) is 24.4 Å². The molecule has 6 nitrogen and oxygen atoms in total. The molecule has 2 aromatic carbocycles. The monoisotopic (exact) mass is 405 g/mol. The number of nitrogens with zero attached hydrogens (tertiary/aromatic N) is 4. The summed E-state index contributed by atoms with van der Waals surface area (Å²) in [6, 6.07) is 14.9. The summed E-state index contributed by atoms with van der Waals surface area (Å²) in [6.07, 6.45) is 2.25. The molecule has 1 N–H and O–H groups in total. The predicted molar refractivity (Wildman–Crippen MR) is 111 cm³/mol. The Morgan fingerprint density at radius 1 is 1.31 bits per heavy atom. The first-order chi connectivity index (χ1) is 14.0. The Hall–Kier alpha value is -3.35. The van der Waals surface area contributed by atoms with Crippen LogP contribution in [-0.4, -0.2) is 15.5 Å². The Morgan fingerprint density at radius 2 is 2.10 bits per heavy atom. The molecule has 7 heteroatoms. The Morgan fingerprint density at radius 3 is 2.76 bits per heavy atom. The van der Waals surface area contributed by atoms with Crippen molar-refractivity contribution < 1.29 is 4.79 Å². The lowest BCUT2D eigenvalue weighted by Gasteiger charge is -2.17. The Bertz CT molecular complexity index is 1140. The van der Waals surface area contributed by atoms with Crippen molar-refractivity contribution in [3.63, 3.8) is 0 Å². The average molecular weight is 406 g/mol. The van der Waals surface area contributed by atoms with E-state index in [1.165, 1.54) is 0 Å². The first kappa shape index (κ1) is 20.4. The maximum absolute atomic E-state index is 12.6. The van der Waals surface area contributed by atoms with Gasteiger partial charge < -0.3 is 9.88 Å². The number of amides is 1. The zero-order valence-electron chi connectivity index (χ0n) is 16.2. The van der Waals surface area contributed by atoms with E-state index in [0.717, 1.165) is 11.1 Å². The van der Waals surface area contributed by atoms with Gasteiger partial charge in [-0.25, -0.2) is 4.98 Å². The van der Waals surface area contributed by atoms with Crippen LogP contribution in [0.15, 0.2) is 42.7 Å². The second-order valence-corrected chi connectivity index (χ2v) is 7.22. The summed E-state index contributed by atoms with van der Waals surface area (Å²) in [5, 5.41) is 22.0. The zero-order chi connectivity index (χ0) is 21.0. The average Bonchev–Trinajstić information content (AvgIpc) is 3.12. The summed E-state index contributed by atoms with van der Waals surface area (Å²) in [4.78, 5) is 16.8. The SMILES string of the molecule is CCC(C#N)c1ccc(C(C)NC(=O)Cn2cnc3cccc(C#N)c32)cc1Cl. The summed E-state index contributed by atoms with van der Waals surface area (Å²) in [5.74, 6) is -0.446. The molecule has 3 aromatic rings. The number of halogens is 1. The highest BCUT2D eigenvalue weighted by Crippen LogP contribution is 2.29. The molecule has 0 spiro atoms. The molecule has 0 saturated heterocycles. The Kier molecular flexibility index (Phi) is 6.16. The molecule has 1 aromatic heterocycles. The number of hydrogen-bond donors (Lipinski definition) is 1. The third-order valence-electron chi connectivity index (χ3n) is 4.91. The van der Waals surface area contributed by atoms with E-state index in [1.807, 2.05) is 32.0 Å². The molecule has 0 saturated carbocycles. The summed E-state index contributed by atoms with van der Waals surface area (Å²) < 4.78 is 1.67. The number of benzene rings is 2. The molecule has 1 amide bonds. The third-order valence-corrected chi connectivity index (χ3v) is 5.24. The van der Waals surface area contributed by atoms with Crippen LogP contribution < -0.4 is 5.32 Å². The van der Waals surface area contributed by atoms with Crippen LogP contribution in [0.4, 0.5) is 0 Å². The van der Waals surface area contributed by atoms with Gasteiger partial charge in [0.1, 0.15) is 12.6 Å². The number of rotatable bonds is 6. The van der Waals surface area contributed by atoms with E-state index in [2.05, 4.69) is 22.4 Å². The fraction of sp³-hybridized carbons (Fsp3) is 0.273. The van der Waals surface area contributed by atoms with Crippen LogP contribution in [0.5, 0.6) is 0 Å². The van der Waals surface area contributed by atoms with Crippen LogP contribution in [0.1, 0.15) is 48.9 Å². The highest BCUT2D eigenvalue weighted by atomic mass is 35.5. The second kappa shape index (κ2) is 8.77. The van der Waals surface area contributed by atoms with Crippen molar-refractivity contribution in [1.82, 2.24) is 14.9 Å². The van der Waals surface area contributed by atoms with Gasteiger partial charge in [0, 0.05) is 5.02 Å². The number of nitriles is 2. The van der Waals surface area contributed by atoms with Crippen molar-refractivity contribution in [2.45, 2.75) is 38.8 Å². The van der Waals surface area contributed by atoms with Crippen molar-refractivity contribution in [3.05, 3.63) is 64.4 Å². The molecular formula is C22H20ClN5O. The van der Waals surface area contributed by atoms with Crippen molar-refractivity contribution in [2.75, 3.05) is 0 Å². The Labute approximate surface area is 174 Å². The molecule has 0 bridgehead atoms. The number of hydrogen-bond acceptors (Lipinski definition) is 4. The largest absolute Gasteiger partial charge is 0.348 e. The fourth-order valence-electron chi connectivity index (χ4n) is 3.34. The number of para-hydroxylation sites is 1. The maximum Gasteiger partial charge on any atom is 0.240 e. The van der Waals surface area contributed by atoms with Gasteiger partial charge in [0.05, 0.1) is 41.0 Å². The predicted octanol–water partition coefficient (Wildman–Crippen LogP) is 4.46. The lowest BCUT2D eigenvalue weighted by molar-refractivity contribution is -0.122. The minimum atomic E-state index is -0.263. The lowest BCUT2D eigenvalue weighted by atomic mass is 9.95. The normalized spacial score (nSPS) is 12.7. The highest BCUT2D eigenvalue weighted by molar-refractivity contribution is 6.31. The first-order valence-corrected chi connectivity index (χ1v) is 9.68. The van der Waals surface area contributed by atoms with Crippen molar-refractivity contribution in [1.29, 1.82) is 10.5 Å². The molecule has 0 radical (unpaired) electrons. The number of carbonyl (C=O) groups is 1. The van der Waals surface area contributed by atoms with E-state index in [9.17, 15) is 15.3 Å². The summed E-state index contributed by atoms with van der Waals surface area (Å²) in [6.45, 7) is 3.87. The number of imidazole rings is 1. The highest BCUT2D eigenvalue weighted by Gasteiger charge is 2.17. The molecule has 2 unspecified atom stereocenters. The van der Waals surface area contributed by atoms with Crippen LogP contribution in [0, 0.1) is 22.7 Å². The van der Waals surface area contributed by atoms with Crippen molar-refractivity contribution in [2.24, 2.45) is 0 Å². The van der Waals surface area contributed by atoms with Crippen LogP contribution >= 0.6 is 11.6 Å². The van der Waals surface area contributed by atoms with E-state index in [1.54, 1.807) is 29.1 Å². The van der Waals surface area contributed by atoms with Crippen molar-refractivity contribution in [3.8, 4) is 12.1 Å². The second-order valence-electron chi connectivity index (χ2n) is 6.82. The molecule has 3 rings (SSSR count). The minimum absolute atomic E-state index is 0.0533. The standard InChI is InChI=1S/C22H20ClN5O/c1-3-15(10-24)18-8-7-16(9-19(18)23)14(2)27-21(29)12-28-13-26-20-6-4-5-17(11-25)22(20)28/h4-9,13-15H,3,12H2,1-2H3,(H,27,29). The molecule has 1 heterocycles. The summed E-state index contributed by atoms with van der Waals surface area (Å²) in [5.41, 5.74) is 3.45. The van der Waals surface area contributed by atoms with E-state index >= 15 is 0 Å². The van der Waals surface area contributed by atoms with Gasteiger partial charge in [0.15, 0.2) is 0 Å². The summed E-state index contributed by atoms with van der Waals surface area (Å²) in [7, 11) is 0. The fourth-order valence-corrected chi connectivity index (χ4v) is 3.66. The molecule has 0 aliphatic carbocycles. The topological polar surface area (TPSA) is 94.5 Å². The van der Waals surface area contributed by atoms with E-state index in [4.69, 9.17) is 11.6 Å². The van der Waals surface area contributed by atoms with Gasteiger partial charge in [-0.05, 0) is 42.7 Å². The van der Waals surface area contributed by atoms with Gasteiger partial charge in [-0.2, -0.15) is 10.5 Å². The van der Waals surface area contributed by atoms with Gasteiger partial charge >= 0.3 is 0 Å². The summed E-state index contributed by atoms with van der Waals surface area (Å²) >= 11 is 6.37. The minimum Gasteiger partial charge on any atom is -0.348 e. The molecule has 29 heavy (non-hydrogen) atoms. The molecule has 2 atom stereocenters. The molecule has 0 fully saturated rings. The van der Waals surface area contributed by atoms with Gasteiger partial charge in [-0.3, -0.25) is 4.79 Å². The van der Waals surface area contributed by atoms with E-state index < -0.39 is 0 Å². The van der Waals surface area contributed by atoms with Crippen LogP contribution in [-0.2, 0) is 11.3 Å². The molecule has 0 aliphatic rings. The third kappa shape index (κ3) is 4.23. The molecular weight excluding hydrogens is 386 g/mol. The molecule has 0 aliphatic heterocycles. The van der Waals surface area contributed by atoms with Crippen LogP contribution in [0.2, 0.25) is 5.02 Å². The quantitative estimate of drug-likeness (QED) is 0.655. The molecule has 146 valence electrons. The number of fused-ring (bicyclic) bond motifs is 1. The van der Waals surface area contributed by atoms with Crippen LogP contribution in [0.3, 0.4) is 0 Å². The zero-order valence-corrected chi connectivity index (χ0v) is 16.9. The van der Waals surface area contributed by atoms with E-state index in [0.29, 0.717) is 28.0 Å². The maximum atomic E-state index is 12.6. The van der Waals surface area contributed by atoms with Gasteiger partial charge in [0.25, 0.3) is 0 Å². The van der Waals surface area contributed by atoms with Gasteiger partial charge in [-0.1, -0.05) is 36.7 Å².